The molecule has 0 spiro atoms. The van der Waals surface area contributed by atoms with Crippen LogP contribution in [-0.4, -0.2) is 62.1 Å². The van der Waals surface area contributed by atoms with Gasteiger partial charge in [-0.1, -0.05) is 0 Å². The van der Waals surface area contributed by atoms with Crippen molar-refractivity contribution in [2.24, 2.45) is 0 Å². The van der Waals surface area contributed by atoms with Crippen LogP contribution in [-0.2, 0) is 4.79 Å². The highest BCUT2D eigenvalue weighted by molar-refractivity contribution is 7.97. The third-order valence-corrected chi connectivity index (χ3v) is 7.71. The molecular weight excluding hydrogens is 470 g/mol. The summed E-state index contributed by atoms with van der Waals surface area (Å²) in [4.78, 5) is 22.6. The molecular formula is C28H35N5O2S. The Morgan fingerprint density at radius 1 is 0.972 bits per heavy atom. The summed E-state index contributed by atoms with van der Waals surface area (Å²) in [6.07, 6.45) is 4.11. The van der Waals surface area contributed by atoms with Crippen molar-refractivity contribution in [2.75, 3.05) is 62.0 Å². The van der Waals surface area contributed by atoms with Crippen molar-refractivity contribution in [3.63, 3.8) is 0 Å². The van der Waals surface area contributed by atoms with E-state index in [2.05, 4.69) is 62.5 Å². The van der Waals surface area contributed by atoms with Crippen LogP contribution in [0.25, 0.3) is 0 Å². The van der Waals surface area contributed by atoms with Crippen molar-refractivity contribution in [1.82, 2.24) is 9.29 Å². The number of piperazine rings is 1. The van der Waals surface area contributed by atoms with Gasteiger partial charge in [-0.2, -0.15) is 0 Å². The number of nitrogens with one attached hydrogen (secondary N) is 1. The minimum Gasteiger partial charge on any atom is -0.497 e. The Balaban J connectivity index is 1.22. The van der Waals surface area contributed by atoms with Crippen molar-refractivity contribution in [3.05, 3.63) is 72.1 Å². The maximum Gasteiger partial charge on any atom is 0.225 e. The van der Waals surface area contributed by atoms with E-state index in [4.69, 9.17) is 4.74 Å². The van der Waals surface area contributed by atoms with Gasteiger partial charge in [-0.3, -0.25) is 9.78 Å². The molecule has 4 rings (SSSR count). The van der Waals surface area contributed by atoms with Crippen molar-refractivity contribution < 1.29 is 9.53 Å². The number of benzene rings is 2. The van der Waals surface area contributed by atoms with Gasteiger partial charge < -0.3 is 19.9 Å². The van der Waals surface area contributed by atoms with Crippen LogP contribution in [0.5, 0.6) is 5.75 Å². The number of ether oxygens (including phenoxy) is 1. The first-order valence-electron chi connectivity index (χ1n) is 12.3. The Bertz CT molecular complexity index is 1130. The number of aromatic nitrogens is 1. The SMILES string of the molecule is COc1cc(C)c(SN(C)CCC(=O)Nc2ccc(N3CCN(c4ccncc4)CC3)cc2)c(C)c1. The Hall–Kier alpha value is -3.23. The second-order valence-electron chi connectivity index (χ2n) is 9.06. The first-order chi connectivity index (χ1) is 17.4. The minimum absolute atomic E-state index is 0.0179. The molecule has 0 saturated carbocycles. The summed E-state index contributed by atoms with van der Waals surface area (Å²) in [7, 11) is 3.70. The Kier molecular flexibility index (Phi) is 8.72. The molecule has 0 radical (unpaired) electrons. The molecule has 0 atom stereocenters. The minimum atomic E-state index is 0.0179. The number of anilines is 3. The summed E-state index contributed by atoms with van der Waals surface area (Å²) in [6.45, 7) is 8.71. The van der Waals surface area contributed by atoms with Crippen LogP contribution in [0.3, 0.4) is 0 Å². The number of hydrogen-bond donors (Lipinski definition) is 1. The van der Waals surface area contributed by atoms with E-state index in [1.165, 1.54) is 27.4 Å². The third-order valence-electron chi connectivity index (χ3n) is 6.39. The lowest BCUT2D eigenvalue weighted by Crippen LogP contribution is -2.46. The Labute approximate surface area is 218 Å². The molecule has 7 nitrogen and oxygen atoms in total. The van der Waals surface area contributed by atoms with Gasteiger partial charge in [0.05, 0.1) is 7.11 Å². The molecule has 1 aromatic heterocycles. The van der Waals surface area contributed by atoms with Gasteiger partial charge in [-0.15, -0.1) is 0 Å². The van der Waals surface area contributed by atoms with Crippen molar-refractivity contribution in [1.29, 1.82) is 0 Å². The lowest BCUT2D eigenvalue weighted by Gasteiger charge is -2.37. The van der Waals surface area contributed by atoms with E-state index in [0.717, 1.165) is 37.6 Å². The highest BCUT2D eigenvalue weighted by Gasteiger charge is 2.18. The summed E-state index contributed by atoms with van der Waals surface area (Å²) >= 11 is 1.67. The quantitative estimate of drug-likeness (QED) is 0.411. The summed E-state index contributed by atoms with van der Waals surface area (Å²) in [5.74, 6) is 0.888. The van der Waals surface area contributed by atoms with Crippen molar-refractivity contribution in [2.45, 2.75) is 25.2 Å². The Morgan fingerprint density at radius 2 is 1.53 bits per heavy atom. The van der Waals surface area contributed by atoms with E-state index in [-0.39, 0.29) is 5.91 Å². The molecule has 1 amide bonds. The highest BCUT2D eigenvalue weighted by Crippen LogP contribution is 2.32. The molecule has 2 heterocycles. The molecule has 190 valence electrons. The number of aryl methyl sites for hydroxylation is 2. The predicted molar refractivity (Wildman–Crippen MR) is 149 cm³/mol. The van der Waals surface area contributed by atoms with Gasteiger partial charge in [0.15, 0.2) is 0 Å². The summed E-state index contributed by atoms with van der Waals surface area (Å²) in [5.41, 5.74) is 5.58. The average Bonchev–Trinajstić information content (AvgIpc) is 2.90. The number of hydrogen-bond acceptors (Lipinski definition) is 7. The fourth-order valence-electron chi connectivity index (χ4n) is 4.39. The van der Waals surface area contributed by atoms with E-state index in [9.17, 15) is 4.79 Å². The zero-order valence-electron chi connectivity index (χ0n) is 21.5. The lowest BCUT2D eigenvalue weighted by atomic mass is 10.1. The van der Waals surface area contributed by atoms with Gasteiger partial charge in [-0.05, 0) is 92.5 Å². The first kappa shape index (κ1) is 25.9. The third kappa shape index (κ3) is 6.71. The lowest BCUT2D eigenvalue weighted by molar-refractivity contribution is -0.116. The van der Waals surface area contributed by atoms with Gasteiger partial charge in [-0.25, -0.2) is 4.31 Å². The normalized spacial score (nSPS) is 13.7. The molecule has 1 saturated heterocycles. The maximum absolute atomic E-state index is 12.6. The fraction of sp³-hybridized carbons (Fsp3) is 0.357. The van der Waals surface area contributed by atoms with Gasteiger partial charge in [0.1, 0.15) is 5.75 Å². The van der Waals surface area contributed by atoms with Crippen LogP contribution in [0.15, 0.2) is 65.8 Å². The fourth-order valence-corrected chi connectivity index (χ4v) is 5.29. The van der Waals surface area contributed by atoms with Gasteiger partial charge in [0.2, 0.25) is 5.91 Å². The molecule has 1 aliphatic rings. The average molecular weight is 506 g/mol. The molecule has 0 unspecified atom stereocenters. The van der Waals surface area contributed by atoms with Crippen molar-refractivity contribution >= 4 is 34.9 Å². The van der Waals surface area contributed by atoms with E-state index in [1.807, 2.05) is 43.7 Å². The monoisotopic (exact) mass is 505 g/mol. The molecule has 3 aromatic rings. The van der Waals surface area contributed by atoms with Crippen LogP contribution in [0.2, 0.25) is 0 Å². The van der Waals surface area contributed by atoms with E-state index in [0.29, 0.717) is 13.0 Å². The number of pyridine rings is 1. The first-order valence-corrected chi connectivity index (χ1v) is 13.0. The smallest absolute Gasteiger partial charge is 0.225 e. The standard InChI is InChI=1S/C28H35N5O2S/c1-21-19-26(35-4)20-22(2)28(21)36-31(3)14-11-27(34)30-23-5-7-24(8-6-23)32-15-17-33(18-16-32)25-9-12-29-13-10-25/h5-10,12-13,19-20H,11,14-18H2,1-4H3,(H,30,34). The van der Waals surface area contributed by atoms with Gasteiger partial charge in [0, 0.05) is 73.5 Å². The van der Waals surface area contributed by atoms with Gasteiger partial charge in [0.25, 0.3) is 0 Å². The summed E-state index contributed by atoms with van der Waals surface area (Å²) < 4.78 is 7.46. The molecule has 36 heavy (non-hydrogen) atoms. The zero-order chi connectivity index (χ0) is 25.5. The van der Waals surface area contributed by atoms with Crippen LogP contribution in [0, 0.1) is 13.8 Å². The number of amides is 1. The highest BCUT2D eigenvalue weighted by atomic mass is 32.2. The molecule has 0 bridgehead atoms. The van der Waals surface area contributed by atoms with Crippen LogP contribution in [0.4, 0.5) is 17.1 Å². The maximum atomic E-state index is 12.6. The van der Waals surface area contributed by atoms with Crippen molar-refractivity contribution in [3.8, 4) is 5.75 Å². The number of methoxy groups -OCH3 is 1. The molecule has 1 fully saturated rings. The van der Waals surface area contributed by atoms with Gasteiger partial charge >= 0.3 is 0 Å². The topological polar surface area (TPSA) is 60.9 Å². The number of carbonyl (C=O) groups is 1. The van der Waals surface area contributed by atoms with Crippen LogP contribution >= 0.6 is 11.9 Å². The summed E-state index contributed by atoms with van der Waals surface area (Å²) in [6, 6.07) is 16.4. The number of carbonyl (C=O) groups excluding carboxylic acids is 1. The number of rotatable bonds is 9. The predicted octanol–water partition coefficient (Wildman–Crippen LogP) is 5.00. The molecule has 1 aliphatic heterocycles. The van der Waals surface area contributed by atoms with E-state index < -0.39 is 0 Å². The number of nitrogens with zero attached hydrogens (tertiary/aromatic N) is 4. The molecule has 1 N–H and O–H groups in total. The van der Waals surface area contributed by atoms with Crippen LogP contribution in [0.1, 0.15) is 17.5 Å². The summed E-state index contributed by atoms with van der Waals surface area (Å²) in [5, 5.41) is 3.03. The molecule has 2 aromatic carbocycles. The largest absolute Gasteiger partial charge is 0.497 e. The van der Waals surface area contributed by atoms with E-state index >= 15 is 0 Å². The molecule has 0 aliphatic carbocycles. The van der Waals surface area contributed by atoms with E-state index in [1.54, 1.807) is 19.1 Å². The second-order valence-corrected chi connectivity index (χ2v) is 10.3. The second kappa shape index (κ2) is 12.1. The Morgan fingerprint density at radius 3 is 2.08 bits per heavy atom. The molecule has 8 heteroatoms. The zero-order valence-corrected chi connectivity index (χ0v) is 22.3. The van der Waals surface area contributed by atoms with Crippen LogP contribution < -0.4 is 19.9 Å².